The second-order valence-electron chi connectivity index (χ2n) is 8.05. The van der Waals surface area contributed by atoms with Gasteiger partial charge in [0.05, 0.1) is 35.5 Å². The van der Waals surface area contributed by atoms with Crippen LogP contribution in [0, 0.1) is 0 Å². The predicted molar refractivity (Wildman–Crippen MR) is 145 cm³/mol. The van der Waals surface area contributed by atoms with Crippen LogP contribution in [0.5, 0.6) is 5.75 Å². The summed E-state index contributed by atoms with van der Waals surface area (Å²) < 4.78 is 36.5. The molecule has 7 nitrogen and oxygen atoms in total. The minimum Gasteiger partial charge on any atom is -0.493 e. The molecular weight excluding hydrogens is 537 g/mol. The van der Waals surface area contributed by atoms with Crippen molar-refractivity contribution >= 4 is 39.8 Å². The van der Waals surface area contributed by atoms with Crippen molar-refractivity contribution in [2.75, 3.05) is 26.3 Å². The van der Waals surface area contributed by atoms with Crippen molar-refractivity contribution < 1.29 is 27.8 Å². The molecule has 0 aliphatic carbocycles. The molecule has 0 radical (unpaired) electrons. The molecule has 0 aromatic heterocycles. The van der Waals surface area contributed by atoms with Crippen LogP contribution in [0.25, 0.3) is 0 Å². The molecule has 0 aliphatic rings. The molecule has 2 N–H and O–H groups in total. The van der Waals surface area contributed by atoms with Gasteiger partial charge in [0, 0.05) is 11.6 Å². The summed E-state index contributed by atoms with van der Waals surface area (Å²) in [6.45, 7) is 3.13. The average Bonchev–Trinajstić information content (AvgIpc) is 2.87. The Kier molecular flexibility index (Phi) is 12.4. The predicted octanol–water partition coefficient (Wildman–Crippen LogP) is 4.79. The van der Waals surface area contributed by atoms with Crippen LogP contribution >= 0.6 is 24.0 Å². The number of carbonyl (C=O) groups excluding carboxylic acids is 1. The molecule has 1 atom stereocenters. The summed E-state index contributed by atoms with van der Waals surface area (Å²) in [6.07, 6.45) is 0.0914. The number of esters is 1. The summed E-state index contributed by atoms with van der Waals surface area (Å²) in [5.41, 5.74) is 1.72. The van der Waals surface area contributed by atoms with E-state index in [1.54, 1.807) is 61.5 Å². The Labute approximate surface area is 229 Å². The fourth-order valence-electron chi connectivity index (χ4n) is 3.49. The average molecular weight is 569 g/mol. The van der Waals surface area contributed by atoms with E-state index in [1.807, 2.05) is 6.07 Å². The fraction of sp³-hybridized carbons (Fsp3) is 0.296. The summed E-state index contributed by atoms with van der Waals surface area (Å²) in [7, 11) is -3.73. The lowest BCUT2D eigenvalue weighted by atomic mass is 10.1. The smallest absolute Gasteiger partial charge is 0.309 e. The first kappa shape index (κ1) is 30.6. The molecule has 3 rings (SSSR count). The molecule has 0 unspecified atom stereocenters. The number of halogens is 2. The van der Waals surface area contributed by atoms with Crippen molar-refractivity contribution in [3.63, 3.8) is 0 Å². The van der Waals surface area contributed by atoms with Crippen LogP contribution in [-0.4, -0.2) is 45.8 Å². The van der Waals surface area contributed by atoms with Gasteiger partial charge in [-0.1, -0.05) is 41.9 Å². The quantitative estimate of drug-likeness (QED) is 0.226. The Morgan fingerprint density at radius 2 is 1.76 bits per heavy atom. The van der Waals surface area contributed by atoms with Crippen LogP contribution < -0.4 is 10.1 Å². The Hall–Kier alpha value is -2.62. The van der Waals surface area contributed by atoms with Crippen LogP contribution in [0.2, 0.25) is 5.02 Å². The van der Waals surface area contributed by atoms with Crippen molar-refractivity contribution in [1.29, 1.82) is 0 Å². The summed E-state index contributed by atoms with van der Waals surface area (Å²) in [4.78, 5) is 11.7. The number of aliphatic hydroxyl groups excluding tert-OH is 1. The Bertz CT molecular complexity index is 1250. The van der Waals surface area contributed by atoms with E-state index in [0.29, 0.717) is 36.9 Å². The first-order valence-electron chi connectivity index (χ1n) is 11.7. The molecule has 0 saturated carbocycles. The second-order valence-corrected chi connectivity index (χ2v) is 10.4. The maximum absolute atomic E-state index is 13.1. The van der Waals surface area contributed by atoms with Crippen LogP contribution in [0.1, 0.15) is 30.6 Å². The molecule has 200 valence electrons. The van der Waals surface area contributed by atoms with Gasteiger partial charge in [0.2, 0.25) is 9.84 Å². The molecule has 10 heteroatoms. The lowest BCUT2D eigenvalue weighted by molar-refractivity contribution is -0.143. The molecule has 3 aromatic carbocycles. The van der Waals surface area contributed by atoms with E-state index >= 15 is 0 Å². The van der Waals surface area contributed by atoms with Crippen molar-refractivity contribution in [2.45, 2.75) is 35.7 Å². The maximum atomic E-state index is 13.1. The number of sulfone groups is 1. The summed E-state index contributed by atoms with van der Waals surface area (Å²) in [6, 6.07) is 20.0. The molecule has 37 heavy (non-hydrogen) atoms. The fourth-order valence-corrected chi connectivity index (χ4v) is 4.99. The Balaban J connectivity index is 0.00000481. The zero-order valence-corrected chi connectivity index (χ0v) is 22.8. The first-order chi connectivity index (χ1) is 17.3. The zero-order chi connectivity index (χ0) is 26.0. The lowest BCUT2D eigenvalue weighted by Crippen LogP contribution is -2.23. The molecule has 0 amide bonds. The van der Waals surface area contributed by atoms with E-state index in [9.17, 15) is 18.3 Å². The third-order valence-corrected chi connectivity index (χ3v) is 7.39. The van der Waals surface area contributed by atoms with Crippen molar-refractivity contribution in [1.82, 2.24) is 5.32 Å². The molecule has 0 bridgehead atoms. The number of hydrogen-bond acceptors (Lipinski definition) is 7. The summed E-state index contributed by atoms with van der Waals surface area (Å²) in [5.74, 6) is -0.00289. The normalized spacial score (nSPS) is 11.9. The van der Waals surface area contributed by atoms with E-state index in [4.69, 9.17) is 21.1 Å². The molecule has 3 aromatic rings. The largest absolute Gasteiger partial charge is 0.493 e. The molecule has 0 aliphatic heterocycles. The van der Waals surface area contributed by atoms with E-state index < -0.39 is 15.9 Å². The second kappa shape index (κ2) is 15.0. The minimum absolute atomic E-state index is 0. The van der Waals surface area contributed by atoms with Gasteiger partial charge in [-0.2, -0.15) is 0 Å². The number of ether oxygens (including phenoxy) is 2. The third-order valence-electron chi connectivity index (χ3n) is 5.39. The number of benzene rings is 3. The van der Waals surface area contributed by atoms with Gasteiger partial charge >= 0.3 is 5.97 Å². The van der Waals surface area contributed by atoms with Crippen molar-refractivity contribution in [3.8, 4) is 5.75 Å². The van der Waals surface area contributed by atoms with E-state index in [2.05, 4.69) is 5.32 Å². The van der Waals surface area contributed by atoms with Gasteiger partial charge in [0.25, 0.3) is 0 Å². The minimum atomic E-state index is -3.73. The highest BCUT2D eigenvalue weighted by atomic mass is 35.5. The van der Waals surface area contributed by atoms with E-state index in [-0.39, 0.29) is 41.2 Å². The molecular formula is C27H31Cl2NO6S. The van der Waals surface area contributed by atoms with Gasteiger partial charge in [-0.05, 0) is 73.5 Å². The summed E-state index contributed by atoms with van der Waals surface area (Å²) in [5, 5.41) is 14.1. The van der Waals surface area contributed by atoms with Gasteiger partial charge in [0.15, 0.2) is 0 Å². The molecule has 0 heterocycles. The lowest BCUT2D eigenvalue weighted by Gasteiger charge is -2.13. The van der Waals surface area contributed by atoms with Crippen LogP contribution in [0.3, 0.4) is 0 Å². The Morgan fingerprint density at radius 1 is 1.03 bits per heavy atom. The molecule has 0 spiro atoms. The van der Waals surface area contributed by atoms with Crippen molar-refractivity contribution in [2.24, 2.45) is 0 Å². The number of aliphatic hydroxyl groups is 1. The molecule has 0 fully saturated rings. The molecule has 0 saturated heterocycles. The highest BCUT2D eigenvalue weighted by Gasteiger charge is 2.18. The number of hydrogen-bond donors (Lipinski definition) is 2. The van der Waals surface area contributed by atoms with E-state index in [1.165, 1.54) is 12.1 Å². The number of carbonyl (C=O) groups is 1. The highest BCUT2D eigenvalue weighted by molar-refractivity contribution is 7.91. The first-order valence-corrected chi connectivity index (χ1v) is 13.5. The van der Waals surface area contributed by atoms with E-state index in [0.717, 1.165) is 11.1 Å². The third kappa shape index (κ3) is 9.32. The van der Waals surface area contributed by atoms with Crippen LogP contribution in [-0.2, 0) is 25.8 Å². The zero-order valence-electron chi connectivity index (χ0n) is 20.4. The van der Waals surface area contributed by atoms with Crippen LogP contribution in [0.4, 0.5) is 0 Å². The summed E-state index contributed by atoms with van der Waals surface area (Å²) >= 11 is 5.97. The highest BCUT2D eigenvalue weighted by Crippen LogP contribution is 2.25. The van der Waals surface area contributed by atoms with Gasteiger partial charge in [-0.3, -0.25) is 4.79 Å². The number of nitrogens with one attached hydrogen (secondary N) is 1. The standard InChI is InChI=1S/C27H30ClNO6S.ClH/c1-2-34-27(31)14-16-35-23-7-4-8-25(18-23)36(32,33)24-11-9-20(10-12-24)13-15-29-19-26(30)21-5-3-6-22(28)17-21;/h3-12,17-18,26,29-30H,2,13-16,19H2,1H3;1H/t26-;/m0./s1. The maximum Gasteiger partial charge on any atom is 0.309 e. The van der Waals surface area contributed by atoms with Gasteiger partial charge in [0.1, 0.15) is 5.75 Å². The van der Waals surface area contributed by atoms with Crippen molar-refractivity contribution in [3.05, 3.63) is 88.9 Å². The van der Waals surface area contributed by atoms with Gasteiger partial charge in [-0.15, -0.1) is 12.4 Å². The van der Waals surface area contributed by atoms with Gasteiger partial charge < -0.3 is 19.9 Å². The number of rotatable bonds is 13. The Morgan fingerprint density at radius 3 is 2.46 bits per heavy atom. The topological polar surface area (TPSA) is 102 Å². The van der Waals surface area contributed by atoms with Crippen LogP contribution in [0.15, 0.2) is 82.6 Å². The van der Waals surface area contributed by atoms with Gasteiger partial charge in [-0.25, -0.2) is 8.42 Å². The SMILES string of the molecule is CCOC(=O)CCOc1cccc(S(=O)(=O)c2ccc(CCNC[C@H](O)c3cccc(Cl)c3)cc2)c1.Cl. The monoisotopic (exact) mass is 567 g/mol.